The van der Waals surface area contributed by atoms with Gasteiger partial charge in [-0.2, -0.15) is 0 Å². The molecule has 1 aliphatic carbocycles. The number of likely N-dealkylation sites (N-methyl/N-ethyl adjacent to an activating group) is 1. The smallest absolute Gasteiger partial charge is 0.0195 e. The van der Waals surface area contributed by atoms with E-state index >= 15 is 0 Å². The highest BCUT2D eigenvalue weighted by molar-refractivity contribution is 4.92. The van der Waals surface area contributed by atoms with Crippen LogP contribution in [0, 0.1) is 11.3 Å². The van der Waals surface area contributed by atoms with Crippen LogP contribution in [0.15, 0.2) is 0 Å². The first-order valence-electron chi connectivity index (χ1n) is 9.06. The van der Waals surface area contributed by atoms with Crippen LogP contribution in [0.2, 0.25) is 0 Å². The topological polar surface area (TPSA) is 18.5 Å². The van der Waals surface area contributed by atoms with E-state index in [1.54, 1.807) is 0 Å². The molecular weight excluding hydrogens is 258 g/mol. The third kappa shape index (κ3) is 4.94. The van der Waals surface area contributed by atoms with E-state index in [-0.39, 0.29) is 0 Å². The third-order valence-electron chi connectivity index (χ3n) is 5.73. The summed E-state index contributed by atoms with van der Waals surface area (Å²) in [5.74, 6) is 0.932. The molecule has 0 aromatic carbocycles. The number of hydrogen-bond acceptors (Lipinski definition) is 3. The van der Waals surface area contributed by atoms with Gasteiger partial charge in [0.05, 0.1) is 0 Å². The van der Waals surface area contributed by atoms with Gasteiger partial charge in [-0.25, -0.2) is 0 Å². The lowest BCUT2D eigenvalue weighted by Gasteiger charge is -2.47. The predicted molar refractivity (Wildman–Crippen MR) is 91.7 cm³/mol. The molecule has 124 valence electrons. The van der Waals surface area contributed by atoms with Crippen molar-refractivity contribution in [3.63, 3.8) is 0 Å². The fourth-order valence-corrected chi connectivity index (χ4v) is 4.03. The lowest BCUT2D eigenvalue weighted by molar-refractivity contribution is 0.0291. The van der Waals surface area contributed by atoms with Gasteiger partial charge < -0.3 is 10.2 Å². The molecule has 0 aromatic rings. The molecule has 3 heteroatoms. The van der Waals surface area contributed by atoms with Crippen molar-refractivity contribution in [2.45, 2.75) is 65.5 Å². The van der Waals surface area contributed by atoms with Crippen molar-refractivity contribution < 1.29 is 0 Å². The minimum absolute atomic E-state index is 0.515. The van der Waals surface area contributed by atoms with Crippen LogP contribution in [0.1, 0.15) is 53.4 Å². The molecule has 1 saturated carbocycles. The molecule has 0 radical (unpaired) electrons. The number of piperazine rings is 1. The predicted octanol–water partition coefficient (Wildman–Crippen LogP) is 2.82. The van der Waals surface area contributed by atoms with Gasteiger partial charge in [0.2, 0.25) is 0 Å². The van der Waals surface area contributed by atoms with Gasteiger partial charge in [0.25, 0.3) is 0 Å². The monoisotopic (exact) mass is 295 g/mol. The standard InChI is InChI=1S/C18H37N3/c1-15(2)19-13-18(8-6-16(3)7-9-18)14-21-11-10-20(5)12-17(21)4/h15-17,19H,6-14H2,1-5H3. The third-order valence-corrected chi connectivity index (χ3v) is 5.73. The zero-order valence-corrected chi connectivity index (χ0v) is 15.0. The van der Waals surface area contributed by atoms with Crippen LogP contribution in [0.5, 0.6) is 0 Å². The number of nitrogens with one attached hydrogen (secondary N) is 1. The summed E-state index contributed by atoms with van der Waals surface area (Å²) in [6.45, 7) is 15.6. The van der Waals surface area contributed by atoms with Crippen LogP contribution in [0.25, 0.3) is 0 Å². The van der Waals surface area contributed by atoms with E-state index in [9.17, 15) is 0 Å². The lowest BCUT2D eigenvalue weighted by atomic mass is 9.70. The van der Waals surface area contributed by atoms with E-state index in [0.717, 1.165) is 5.92 Å². The summed E-state index contributed by atoms with van der Waals surface area (Å²) in [4.78, 5) is 5.24. The van der Waals surface area contributed by atoms with Crippen molar-refractivity contribution in [3.05, 3.63) is 0 Å². The Morgan fingerprint density at radius 2 is 1.81 bits per heavy atom. The van der Waals surface area contributed by atoms with Gasteiger partial charge in [-0.15, -0.1) is 0 Å². The molecule has 0 bridgehead atoms. The van der Waals surface area contributed by atoms with Crippen LogP contribution < -0.4 is 5.32 Å². The summed E-state index contributed by atoms with van der Waals surface area (Å²) in [7, 11) is 2.26. The van der Waals surface area contributed by atoms with Gasteiger partial charge in [-0.1, -0.05) is 33.6 Å². The molecule has 0 amide bonds. The van der Waals surface area contributed by atoms with Crippen molar-refractivity contribution >= 4 is 0 Å². The van der Waals surface area contributed by atoms with Gasteiger partial charge in [0.15, 0.2) is 0 Å². The molecule has 0 aromatic heterocycles. The molecule has 2 rings (SSSR count). The van der Waals surface area contributed by atoms with Crippen LogP contribution in [-0.4, -0.2) is 61.7 Å². The van der Waals surface area contributed by atoms with E-state index in [0.29, 0.717) is 17.5 Å². The first-order chi connectivity index (χ1) is 9.90. The molecule has 0 spiro atoms. The molecule has 1 heterocycles. The van der Waals surface area contributed by atoms with Crippen LogP contribution in [0.3, 0.4) is 0 Å². The molecule has 2 fully saturated rings. The fourth-order valence-electron chi connectivity index (χ4n) is 4.03. The Hall–Kier alpha value is -0.120. The lowest BCUT2D eigenvalue weighted by Crippen LogP contribution is -2.56. The van der Waals surface area contributed by atoms with Crippen LogP contribution >= 0.6 is 0 Å². The first kappa shape index (κ1) is 17.2. The van der Waals surface area contributed by atoms with E-state index in [2.05, 4.69) is 49.9 Å². The first-order valence-corrected chi connectivity index (χ1v) is 9.06. The van der Waals surface area contributed by atoms with Crippen molar-refractivity contribution in [3.8, 4) is 0 Å². The Bertz CT molecular complexity index is 308. The maximum Gasteiger partial charge on any atom is 0.0195 e. The zero-order valence-electron chi connectivity index (χ0n) is 15.0. The van der Waals surface area contributed by atoms with Gasteiger partial charge in [-0.3, -0.25) is 4.90 Å². The fraction of sp³-hybridized carbons (Fsp3) is 1.00. The summed E-state index contributed by atoms with van der Waals surface area (Å²) in [6.07, 6.45) is 5.66. The number of rotatable bonds is 5. The molecule has 2 aliphatic rings. The highest BCUT2D eigenvalue weighted by Gasteiger charge is 2.37. The quantitative estimate of drug-likeness (QED) is 0.841. The zero-order chi connectivity index (χ0) is 15.5. The second-order valence-electron chi connectivity index (χ2n) is 8.30. The maximum absolute atomic E-state index is 3.75. The SMILES string of the molecule is CC1CCC(CNC(C)C)(CN2CCN(C)CC2C)CC1. The van der Waals surface area contributed by atoms with Gasteiger partial charge in [0, 0.05) is 44.8 Å². The van der Waals surface area contributed by atoms with E-state index in [1.807, 2.05) is 0 Å². The molecule has 21 heavy (non-hydrogen) atoms. The van der Waals surface area contributed by atoms with Crippen LogP contribution in [-0.2, 0) is 0 Å². The van der Waals surface area contributed by atoms with Crippen molar-refractivity contribution in [2.75, 3.05) is 39.8 Å². The minimum Gasteiger partial charge on any atom is -0.314 e. The Balaban J connectivity index is 1.98. The van der Waals surface area contributed by atoms with Crippen molar-refractivity contribution in [1.82, 2.24) is 15.1 Å². The second kappa shape index (κ2) is 7.43. The highest BCUT2D eigenvalue weighted by atomic mass is 15.3. The molecule has 1 aliphatic heterocycles. The summed E-state index contributed by atoms with van der Waals surface area (Å²) >= 11 is 0. The second-order valence-corrected chi connectivity index (χ2v) is 8.30. The average Bonchev–Trinajstić information content (AvgIpc) is 2.43. The summed E-state index contributed by atoms with van der Waals surface area (Å²) in [5, 5.41) is 3.75. The molecule has 3 nitrogen and oxygen atoms in total. The van der Waals surface area contributed by atoms with E-state index in [1.165, 1.54) is 58.4 Å². The average molecular weight is 296 g/mol. The van der Waals surface area contributed by atoms with Crippen molar-refractivity contribution in [2.24, 2.45) is 11.3 Å². The summed E-state index contributed by atoms with van der Waals surface area (Å²) in [5.41, 5.74) is 0.515. The molecule has 1 unspecified atom stereocenters. The summed E-state index contributed by atoms with van der Waals surface area (Å²) < 4.78 is 0. The van der Waals surface area contributed by atoms with Crippen molar-refractivity contribution in [1.29, 1.82) is 0 Å². The summed E-state index contributed by atoms with van der Waals surface area (Å²) in [6, 6.07) is 1.31. The Labute approximate surface area is 132 Å². The number of hydrogen-bond donors (Lipinski definition) is 1. The van der Waals surface area contributed by atoms with Crippen LogP contribution in [0.4, 0.5) is 0 Å². The van der Waals surface area contributed by atoms with Gasteiger partial charge in [-0.05, 0) is 38.1 Å². The Kier molecular flexibility index (Phi) is 6.10. The van der Waals surface area contributed by atoms with E-state index in [4.69, 9.17) is 0 Å². The number of nitrogens with zero attached hydrogens (tertiary/aromatic N) is 2. The minimum atomic E-state index is 0.515. The van der Waals surface area contributed by atoms with E-state index < -0.39 is 0 Å². The van der Waals surface area contributed by atoms with Gasteiger partial charge in [0.1, 0.15) is 0 Å². The molecular formula is C18H37N3. The Morgan fingerprint density at radius 1 is 1.14 bits per heavy atom. The van der Waals surface area contributed by atoms with Gasteiger partial charge >= 0.3 is 0 Å². The molecule has 1 N–H and O–H groups in total. The molecule has 1 atom stereocenters. The normalized spacial score (nSPS) is 36.3. The molecule has 1 saturated heterocycles. The highest BCUT2D eigenvalue weighted by Crippen LogP contribution is 2.39. The Morgan fingerprint density at radius 3 is 2.38 bits per heavy atom. The maximum atomic E-state index is 3.75. The largest absolute Gasteiger partial charge is 0.314 e.